The van der Waals surface area contributed by atoms with Gasteiger partial charge >= 0.3 is 0 Å². The number of rotatable bonds is 4. The van der Waals surface area contributed by atoms with Crippen LogP contribution in [0, 0.1) is 0 Å². The topological polar surface area (TPSA) is 38.1 Å². The summed E-state index contributed by atoms with van der Waals surface area (Å²) < 4.78 is 1.83. The molecule has 0 bridgehead atoms. The molecule has 1 atom stereocenters. The average molecular weight is 332 g/mol. The number of aromatic nitrogens is 2. The van der Waals surface area contributed by atoms with Crippen molar-refractivity contribution in [2.24, 2.45) is 7.05 Å². The molecule has 1 aromatic heterocycles. The Morgan fingerprint density at radius 2 is 2.26 bits per heavy atom. The summed E-state index contributed by atoms with van der Waals surface area (Å²) in [6.45, 7) is 1.64. The first kappa shape index (κ1) is 16.1. The molecule has 1 fully saturated rings. The van der Waals surface area contributed by atoms with Crippen molar-refractivity contribution in [3.05, 3.63) is 52.8 Å². The number of aryl methyl sites for hydroxylation is 2. The molecule has 23 heavy (non-hydrogen) atoms. The van der Waals surface area contributed by atoms with Crippen molar-refractivity contribution in [2.75, 3.05) is 13.1 Å². The number of carbonyl (C=O) groups is 1. The monoisotopic (exact) mass is 331 g/mol. The second-order valence-corrected chi connectivity index (χ2v) is 6.66. The molecule has 0 radical (unpaired) electrons. The van der Waals surface area contributed by atoms with E-state index in [0.29, 0.717) is 12.3 Å². The fourth-order valence-electron chi connectivity index (χ4n) is 3.20. The second kappa shape index (κ2) is 7.18. The highest BCUT2D eigenvalue weighted by Gasteiger charge is 2.25. The largest absolute Gasteiger partial charge is 0.342 e. The molecule has 1 aromatic carbocycles. The second-order valence-electron chi connectivity index (χ2n) is 6.22. The third-order valence-corrected chi connectivity index (χ3v) is 4.68. The van der Waals surface area contributed by atoms with Crippen molar-refractivity contribution in [1.29, 1.82) is 0 Å². The van der Waals surface area contributed by atoms with Gasteiger partial charge in [0.1, 0.15) is 0 Å². The summed E-state index contributed by atoms with van der Waals surface area (Å²) in [4.78, 5) is 14.5. The van der Waals surface area contributed by atoms with Gasteiger partial charge in [0.2, 0.25) is 5.91 Å². The summed E-state index contributed by atoms with van der Waals surface area (Å²) in [5.41, 5.74) is 2.21. The van der Waals surface area contributed by atoms with E-state index in [9.17, 15) is 4.79 Å². The number of hydrogen-bond donors (Lipinski definition) is 0. The Labute approximate surface area is 142 Å². The van der Waals surface area contributed by atoms with Crippen molar-refractivity contribution < 1.29 is 4.79 Å². The maximum Gasteiger partial charge on any atom is 0.222 e. The summed E-state index contributed by atoms with van der Waals surface area (Å²) in [5, 5.41) is 5.22. The van der Waals surface area contributed by atoms with Crippen LogP contribution in [-0.4, -0.2) is 33.7 Å². The van der Waals surface area contributed by atoms with Gasteiger partial charge in [0.15, 0.2) is 0 Å². The normalized spacial score (nSPS) is 18.2. The van der Waals surface area contributed by atoms with E-state index >= 15 is 0 Å². The first-order valence-electron chi connectivity index (χ1n) is 8.13. The standard InChI is InChI=1S/C18H22ClN3O/c1-21-11-9-17(20-21)15-5-3-10-22(13-15)18(23)8-7-14-4-2-6-16(19)12-14/h2,4,6,9,11-12,15H,3,5,7-8,10,13H2,1H3. The zero-order valence-electron chi connectivity index (χ0n) is 13.4. The summed E-state index contributed by atoms with van der Waals surface area (Å²) >= 11 is 5.99. The molecule has 2 aromatic rings. The highest BCUT2D eigenvalue weighted by Crippen LogP contribution is 2.26. The van der Waals surface area contributed by atoms with Crippen molar-refractivity contribution in [2.45, 2.75) is 31.6 Å². The fourth-order valence-corrected chi connectivity index (χ4v) is 3.41. The predicted octanol–water partition coefficient (Wildman–Crippen LogP) is 3.41. The lowest BCUT2D eigenvalue weighted by molar-refractivity contribution is -0.132. The minimum Gasteiger partial charge on any atom is -0.342 e. The molecular formula is C18H22ClN3O. The van der Waals surface area contributed by atoms with E-state index in [2.05, 4.69) is 11.2 Å². The van der Waals surface area contributed by atoms with Crippen molar-refractivity contribution in [1.82, 2.24) is 14.7 Å². The number of halogens is 1. The quantitative estimate of drug-likeness (QED) is 0.861. The van der Waals surface area contributed by atoms with Crippen LogP contribution in [0.25, 0.3) is 0 Å². The smallest absolute Gasteiger partial charge is 0.222 e. The molecule has 0 saturated carbocycles. The summed E-state index contributed by atoms with van der Waals surface area (Å²) in [7, 11) is 1.93. The lowest BCUT2D eigenvalue weighted by atomic mass is 9.94. The van der Waals surface area contributed by atoms with E-state index in [4.69, 9.17) is 11.6 Å². The molecule has 1 aliphatic rings. The van der Waals surface area contributed by atoms with Gasteiger partial charge < -0.3 is 4.90 Å². The number of nitrogens with zero attached hydrogens (tertiary/aromatic N) is 3. The van der Waals surface area contributed by atoms with Crippen LogP contribution < -0.4 is 0 Å². The third-order valence-electron chi connectivity index (χ3n) is 4.44. The number of piperidine rings is 1. The van der Waals surface area contributed by atoms with E-state index in [1.165, 1.54) is 0 Å². The minimum absolute atomic E-state index is 0.227. The van der Waals surface area contributed by atoms with E-state index in [-0.39, 0.29) is 5.91 Å². The Kier molecular flexibility index (Phi) is 5.01. The molecule has 1 unspecified atom stereocenters. The Morgan fingerprint density at radius 1 is 1.39 bits per heavy atom. The van der Waals surface area contributed by atoms with Gasteiger partial charge in [0.05, 0.1) is 5.69 Å². The lowest BCUT2D eigenvalue weighted by Gasteiger charge is -2.32. The fraction of sp³-hybridized carbons (Fsp3) is 0.444. The molecule has 1 amide bonds. The molecule has 3 rings (SSSR count). The van der Waals surface area contributed by atoms with Gasteiger partial charge in [-0.1, -0.05) is 23.7 Å². The van der Waals surface area contributed by atoms with Crippen LogP contribution in [0.1, 0.15) is 36.4 Å². The van der Waals surface area contributed by atoms with Crippen LogP contribution in [-0.2, 0) is 18.3 Å². The van der Waals surface area contributed by atoms with Crippen LogP contribution in [0.3, 0.4) is 0 Å². The molecule has 0 aliphatic carbocycles. The van der Waals surface area contributed by atoms with Crippen LogP contribution in [0.4, 0.5) is 0 Å². The molecule has 122 valence electrons. The van der Waals surface area contributed by atoms with E-state index in [1.807, 2.05) is 47.1 Å². The Bertz CT molecular complexity index is 682. The van der Waals surface area contributed by atoms with Crippen LogP contribution in [0.5, 0.6) is 0 Å². The van der Waals surface area contributed by atoms with Crippen molar-refractivity contribution in [3.63, 3.8) is 0 Å². The highest BCUT2D eigenvalue weighted by atomic mass is 35.5. The number of amides is 1. The molecule has 0 N–H and O–H groups in total. The van der Waals surface area contributed by atoms with Gasteiger partial charge in [0, 0.05) is 43.7 Å². The van der Waals surface area contributed by atoms with Crippen LogP contribution >= 0.6 is 11.6 Å². The molecule has 5 heteroatoms. The van der Waals surface area contributed by atoms with Gasteiger partial charge in [-0.25, -0.2) is 0 Å². The highest BCUT2D eigenvalue weighted by molar-refractivity contribution is 6.30. The molecule has 4 nitrogen and oxygen atoms in total. The Balaban J connectivity index is 1.56. The molecular weight excluding hydrogens is 310 g/mol. The van der Waals surface area contributed by atoms with Crippen molar-refractivity contribution in [3.8, 4) is 0 Å². The van der Waals surface area contributed by atoms with Crippen LogP contribution in [0.15, 0.2) is 36.5 Å². The lowest BCUT2D eigenvalue weighted by Crippen LogP contribution is -2.39. The SMILES string of the molecule is Cn1ccc(C2CCCN(C(=O)CCc3cccc(Cl)c3)C2)n1. The van der Waals surface area contributed by atoms with E-state index < -0.39 is 0 Å². The number of carbonyl (C=O) groups excluding carboxylic acids is 1. The summed E-state index contributed by atoms with van der Waals surface area (Å²) in [6.07, 6.45) is 5.40. The number of benzene rings is 1. The molecule has 2 heterocycles. The van der Waals surface area contributed by atoms with Gasteiger partial charge in [-0.15, -0.1) is 0 Å². The maximum atomic E-state index is 12.5. The average Bonchev–Trinajstić information content (AvgIpc) is 2.99. The molecule has 1 saturated heterocycles. The summed E-state index contributed by atoms with van der Waals surface area (Å²) in [6, 6.07) is 9.80. The summed E-state index contributed by atoms with van der Waals surface area (Å²) in [5.74, 6) is 0.589. The maximum absolute atomic E-state index is 12.5. The number of likely N-dealkylation sites (tertiary alicyclic amines) is 1. The minimum atomic E-state index is 0.227. The first-order chi connectivity index (χ1) is 11.1. The number of hydrogen-bond acceptors (Lipinski definition) is 2. The van der Waals surface area contributed by atoms with Gasteiger partial charge in [-0.2, -0.15) is 5.10 Å². The van der Waals surface area contributed by atoms with Crippen molar-refractivity contribution >= 4 is 17.5 Å². The zero-order valence-corrected chi connectivity index (χ0v) is 14.2. The van der Waals surface area contributed by atoms with E-state index in [0.717, 1.165) is 48.6 Å². The van der Waals surface area contributed by atoms with Gasteiger partial charge in [-0.3, -0.25) is 9.48 Å². The van der Waals surface area contributed by atoms with Crippen LogP contribution in [0.2, 0.25) is 5.02 Å². The van der Waals surface area contributed by atoms with Gasteiger partial charge in [0.25, 0.3) is 0 Å². The zero-order chi connectivity index (χ0) is 16.2. The van der Waals surface area contributed by atoms with E-state index in [1.54, 1.807) is 0 Å². The Hall–Kier alpha value is -1.81. The first-order valence-corrected chi connectivity index (χ1v) is 8.51. The predicted molar refractivity (Wildman–Crippen MR) is 91.5 cm³/mol. The Morgan fingerprint density at radius 3 is 3.00 bits per heavy atom. The molecule has 1 aliphatic heterocycles. The molecule has 0 spiro atoms. The van der Waals surface area contributed by atoms with Gasteiger partial charge in [-0.05, 0) is 43.0 Å². The third kappa shape index (κ3) is 4.14.